The highest BCUT2D eigenvalue weighted by molar-refractivity contribution is 7.96. The van der Waals surface area contributed by atoms with Gasteiger partial charge in [-0.3, -0.25) is 14.5 Å². The maximum atomic E-state index is 13.7. The van der Waals surface area contributed by atoms with Crippen LogP contribution in [0.15, 0.2) is 48.7 Å². The fraction of sp³-hybridized carbons (Fsp3) is 0.450. The van der Waals surface area contributed by atoms with Crippen LogP contribution in [0.3, 0.4) is 0 Å². The van der Waals surface area contributed by atoms with E-state index in [-0.39, 0.29) is 40.7 Å². The molecule has 0 aliphatic carbocycles. The average molecular weight is 786 g/mol. The number of imidazole rings is 2. The second kappa shape index (κ2) is 17.5. The SMILES string of the molecule is COC(=O)N[C@H](C(=O)N1C[S+](C)C[C@H]1c1nc2ccc(-c3ccc(C#Cc4cnc([C@@H]5CCCN5C(=O)[C@@H](NC(=O)OC)C(C)OC)[nH]4)cc3)cc2[nH]1)C(C)C. The van der Waals surface area contributed by atoms with Crippen molar-refractivity contribution in [3.8, 4) is 23.0 Å². The number of nitrogens with one attached hydrogen (secondary N) is 4. The van der Waals surface area contributed by atoms with Crippen LogP contribution in [0.2, 0.25) is 0 Å². The Morgan fingerprint density at radius 1 is 0.857 bits per heavy atom. The fourth-order valence-corrected chi connectivity index (χ4v) is 8.84. The number of hydrogen-bond acceptors (Lipinski definition) is 9. The van der Waals surface area contributed by atoms with Crippen LogP contribution in [-0.4, -0.2) is 118 Å². The third-order valence-corrected chi connectivity index (χ3v) is 11.8. The minimum atomic E-state index is -0.907. The lowest BCUT2D eigenvalue weighted by Crippen LogP contribution is -2.54. The Balaban J connectivity index is 1.13. The summed E-state index contributed by atoms with van der Waals surface area (Å²) in [5.41, 5.74) is 5.12. The molecule has 6 atom stereocenters. The van der Waals surface area contributed by atoms with Gasteiger partial charge in [0.25, 0.3) is 0 Å². The van der Waals surface area contributed by atoms with Gasteiger partial charge in [-0.1, -0.05) is 38.0 Å². The number of hydrogen-bond donors (Lipinski definition) is 4. The van der Waals surface area contributed by atoms with Gasteiger partial charge < -0.3 is 39.7 Å². The monoisotopic (exact) mass is 785 g/mol. The van der Waals surface area contributed by atoms with Crippen molar-refractivity contribution in [2.24, 2.45) is 5.92 Å². The number of carbonyl (C=O) groups is 4. The number of ether oxygens (including phenoxy) is 3. The minimum Gasteiger partial charge on any atom is -0.453 e. The number of fused-ring (bicyclic) bond motifs is 1. The Hall–Kier alpha value is -5.53. The zero-order valence-corrected chi connectivity index (χ0v) is 33.5. The largest absolute Gasteiger partial charge is 0.453 e. The molecule has 4 N–H and O–H groups in total. The molecule has 4 amide bonds. The zero-order valence-electron chi connectivity index (χ0n) is 32.7. The molecule has 0 spiro atoms. The van der Waals surface area contributed by atoms with E-state index >= 15 is 0 Å². The molecule has 2 aliphatic heterocycles. The smallest absolute Gasteiger partial charge is 0.407 e. The van der Waals surface area contributed by atoms with E-state index in [2.05, 4.69) is 49.7 Å². The number of carbonyl (C=O) groups excluding carboxylic acids is 4. The number of aromatic amines is 2. The van der Waals surface area contributed by atoms with E-state index in [1.165, 1.54) is 21.3 Å². The topological polar surface area (TPSA) is 184 Å². The van der Waals surface area contributed by atoms with Crippen LogP contribution in [0.4, 0.5) is 9.59 Å². The Labute approximate surface area is 329 Å². The molecule has 56 heavy (non-hydrogen) atoms. The predicted octanol–water partition coefficient (Wildman–Crippen LogP) is 4.25. The first kappa shape index (κ1) is 40.1. The lowest BCUT2D eigenvalue weighted by atomic mass is 10.0. The molecule has 0 bridgehead atoms. The molecule has 2 fully saturated rings. The number of aromatic nitrogens is 4. The summed E-state index contributed by atoms with van der Waals surface area (Å²) in [6.07, 6.45) is 3.42. The predicted molar refractivity (Wildman–Crippen MR) is 212 cm³/mol. The Kier molecular flexibility index (Phi) is 12.6. The van der Waals surface area contributed by atoms with Gasteiger partial charge >= 0.3 is 12.2 Å². The van der Waals surface area contributed by atoms with Crippen LogP contribution in [0.25, 0.3) is 22.2 Å². The van der Waals surface area contributed by atoms with Crippen molar-refractivity contribution in [2.45, 2.75) is 63.9 Å². The first-order valence-corrected chi connectivity index (χ1v) is 20.5. The molecule has 4 heterocycles. The van der Waals surface area contributed by atoms with Crippen LogP contribution in [0, 0.1) is 17.8 Å². The molecule has 2 aliphatic rings. The van der Waals surface area contributed by atoms with Crippen molar-refractivity contribution in [1.82, 2.24) is 40.4 Å². The zero-order chi connectivity index (χ0) is 40.1. The van der Waals surface area contributed by atoms with Gasteiger partial charge in [0.15, 0.2) is 5.88 Å². The van der Waals surface area contributed by atoms with E-state index in [0.717, 1.165) is 52.1 Å². The van der Waals surface area contributed by atoms with Gasteiger partial charge in [-0.25, -0.2) is 19.6 Å². The molecule has 296 valence electrons. The third-order valence-electron chi connectivity index (χ3n) is 10.2. The van der Waals surface area contributed by atoms with Crippen molar-refractivity contribution >= 4 is 45.9 Å². The van der Waals surface area contributed by atoms with E-state index in [1.807, 2.05) is 55.1 Å². The maximum Gasteiger partial charge on any atom is 0.407 e. The average Bonchev–Trinajstić information content (AvgIpc) is 4.03. The Morgan fingerprint density at radius 2 is 1.54 bits per heavy atom. The summed E-state index contributed by atoms with van der Waals surface area (Å²) in [6.45, 7) is 6.05. The Bertz CT molecular complexity index is 2120. The van der Waals surface area contributed by atoms with Gasteiger partial charge in [0.1, 0.15) is 41.2 Å². The lowest BCUT2D eigenvalue weighted by molar-refractivity contribution is -0.137. The fourth-order valence-electron chi connectivity index (χ4n) is 7.08. The van der Waals surface area contributed by atoms with E-state index in [1.54, 1.807) is 18.0 Å². The number of methoxy groups -OCH3 is 3. The van der Waals surface area contributed by atoms with Gasteiger partial charge in [-0.05, 0) is 67.0 Å². The van der Waals surface area contributed by atoms with Crippen LogP contribution in [0.5, 0.6) is 0 Å². The summed E-state index contributed by atoms with van der Waals surface area (Å²) in [5, 5.41) is 5.31. The minimum absolute atomic E-state index is 0.0276. The van der Waals surface area contributed by atoms with Gasteiger partial charge in [-0.2, -0.15) is 0 Å². The van der Waals surface area contributed by atoms with Crippen molar-refractivity contribution < 1.29 is 33.4 Å². The molecule has 2 saturated heterocycles. The first-order valence-electron chi connectivity index (χ1n) is 18.5. The van der Waals surface area contributed by atoms with Crippen molar-refractivity contribution in [3.05, 3.63) is 71.6 Å². The number of likely N-dealkylation sites (tertiary alicyclic amines) is 1. The van der Waals surface area contributed by atoms with Crippen LogP contribution >= 0.6 is 0 Å². The third kappa shape index (κ3) is 8.79. The van der Waals surface area contributed by atoms with Gasteiger partial charge in [0.2, 0.25) is 11.8 Å². The summed E-state index contributed by atoms with van der Waals surface area (Å²) in [5.74, 6) is 8.56. The second-order valence-electron chi connectivity index (χ2n) is 14.4. The standard InChI is InChI=1S/C40H48N8O7S/c1-23(2)33(45-39(51)54-5)37(49)48-22-56(7)21-32(48)36-43-29-17-15-27(19-30(29)44-36)26-13-10-25(11-14-26)12-16-28-20-41-35(42-28)31-9-8-18-47(31)38(50)34(24(3)53-4)46-40(52)55-6/h10-11,13-15,17,19-20,23-24,31-34H,8-9,18,21-22H2,1-7H3,(H3-,41,42,43,44,45,46,51,52)/p+1/t24?,31-,32-,33-,34-,56?/m0/s1. The van der Waals surface area contributed by atoms with Crippen LogP contribution in [-0.2, 0) is 34.7 Å². The lowest BCUT2D eigenvalue weighted by Gasteiger charge is -2.30. The van der Waals surface area contributed by atoms with Gasteiger partial charge in [0, 0.05) is 30.1 Å². The van der Waals surface area contributed by atoms with Crippen molar-refractivity contribution in [2.75, 3.05) is 45.8 Å². The van der Waals surface area contributed by atoms with Crippen molar-refractivity contribution in [1.29, 1.82) is 0 Å². The van der Waals surface area contributed by atoms with Crippen LogP contribution in [0.1, 0.15) is 68.6 Å². The van der Waals surface area contributed by atoms with E-state index in [9.17, 15) is 19.2 Å². The summed E-state index contributed by atoms with van der Waals surface area (Å²) in [6, 6.07) is 11.9. The number of nitrogens with zero attached hydrogens (tertiary/aromatic N) is 4. The number of alkyl carbamates (subject to hydrolysis) is 2. The van der Waals surface area contributed by atoms with Gasteiger partial charge in [0.05, 0.1) is 49.9 Å². The maximum absolute atomic E-state index is 13.7. The Morgan fingerprint density at radius 3 is 2.21 bits per heavy atom. The number of amides is 4. The van der Waals surface area contributed by atoms with Crippen molar-refractivity contribution in [3.63, 3.8) is 0 Å². The summed E-state index contributed by atoms with van der Waals surface area (Å²) in [7, 11) is 4.00. The number of rotatable bonds is 10. The molecule has 4 aromatic rings. The molecular weight excluding hydrogens is 737 g/mol. The quantitative estimate of drug-likeness (QED) is 0.135. The molecule has 6 rings (SSSR count). The highest BCUT2D eigenvalue weighted by Gasteiger charge is 2.45. The summed E-state index contributed by atoms with van der Waals surface area (Å²) < 4.78 is 14.9. The molecule has 2 aromatic heterocycles. The summed E-state index contributed by atoms with van der Waals surface area (Å²) in [4.78, 5) is 71.0. The molecule has 0 radical (unpaired) electrons. The highest BCUT2D eigenvalue weighted by atomic mass is 32.2. The van der Waals surface area contributed by atoms with Crippen LogP contribution < -0.4 is 10.6 Å². The molecule has 2 aromatic carbocycles. The molecular formula is C40H49N8O7S+. The van der Waals surface area contributed by atoms with E-state index in [4.69, 9.17) is 19.2 Å². The molecule has 0 saturated carbocycles. The first-order chi connectivity index (χ1) is 26.9. The highest BCUT2D eigenvalue weighted by Crippen LogP contribution is 2.33. The normalized spacial score (nSPS) is 19.6. The summed E-state index contributed by atoms with van der Waals surface area (Å²) >= 11 is 0. The number of benzene rings is 2. The number of H-pyrrole nitrogens is 2. The van der Waals surface area contributed by atoms with E-state index < -0.39 is 30.4 Å². The van der Waals surface area contributed by atoms with E-state index in [0.29, 0.717) is 23.9 Å². The molecule has 16 heteroatoms. The second-order valence-corrected chi connectivity index (χ2v) is 16.5. The molecule has 2 unspecified atom stereocenters. The molecule has 15 nitrogen and oxygen atoms in total. The van der Waals surface area contributed by atoms with Gasteiger partial charge in [-0.15, -0.1) is 0 Å².